The molecule has 0 atom stereocenters. The van der Waals surface area contributed by atoms with Gasteiger partial charge in [0.2, 0.25) is 5.71 Å². The second kappa shape index (κ2) is 7.53. The van der Waals surface area contributed by atoms with Crippen LogP contribution in [0.1, 0.15) is 11.3 Å². The summed E-state index contributed by atoms with van der Waals surface area (Å²) in [6.07, 6.45) is 1.48. The van der Waals surface area contributed by atoms with E-state index in [1.54, 1.807) is 19.2 Å². The number of amides is 1. The third kappa shape index (κ3) is 3.80. The average molecular weight is 338 g/mol. The highest BCUT2D eigenvalue weighted by Gasteiger charge is 2.17. The Hall–Kier alpha value is -3.28. The van der Waals surface area contributed by atoms with Crippen molar-refractivity contribution in [2.75, 3.05) is 14.2 Å². The lowest BCUT2D eigenvalue weighted by Crippen LogP contribution is -2.31. The first-order chi connectivity index (χ1) is 12.2. The number of furan rings is 1. The molecule has 0 aliphatic heterocycles. The molecule has 128 valence electrons. The first-order valence-corrected chi connectivity index (χ1v) is 7.71. The third-order valence-corrected chi connectivity index (χ3v) is 3.72. The first-order valence-electron chi connectivity index (χ1n) is 7.71. The summed E-state index contributed by atoms with van der Waals surface area (Å²) in [5.74, 6) is 0.795. The summed E-state index contributed by atoms with van der Waals surface area (Å²) < 4.78 is 10.4. The molecule has 0 radical (unpaired) electrons. The van der Waals surface area contributed by atoms with Crippen molar-refractivity contribution in [3.8, 4) is 5.75 Å². The molecule has 0 fully saturated rings. The molecule has 1 amide bonds. The maximum atomic E-state index is 12.4. The minimum Gasteiger partial charge on any atom is -0.497 e. The lowest BCUT2D eigenvalue weighted by atomic mass is 10.1. The van der Waals surface area contributed by atoms with Gasteiger partial charge in [-0.05, 0) is 46.7 Å². The lowest BCUT2D eigenvalue weighted by molar-refractivity contribution is -0.115. The van der Waals surface area contributed by atoms with Gasteiger partial charge in [0, 0.05) is 6.54 Å². The zero-order chi connectivity index (χ0) is 17.6. The Kier molecular flexibility index (Phi) is 4.99. The van der Waals surface area contributed by atoms with Gasteiger partial charge in [-0.3, -0.25) is 4.79 Å². The maximum absolute atomic E-state index is 12.4. The van der Waals surface area contributed by atoms with Crippen molar-refractivity contribution in [1.82, 2.24) is 5.32 Å². The fourth-order valence-electron chi connectivity index (χ4n) is 2.48. The molecule has 0 aliphatic carbocycles. The van der Waals surface area contributed by atoms with Crippen LogP contribution in [-0.2, 0) is 16.2 Å². The molecule has 1 N–H and O–H groups in total. The highest BCUT2D eigenvalue weighted by molar-refractivity contribution is 6.44. The Morgan fingerprint density at radius 3 is 2.64 bits per heavy atom. The number of rotatable bonds is 6. The second-order valence-corrected chi connectivity index (χ2v) is 5.33. The SMILES string of the molecule is CON=C(C(=O)NCc1ccc2cc(OC)ccc2c1)c1ccco1. The fraction of sp³-hybridized carbons (Fsp3) is 0.158. The van der Waals surface area contributed by atoms with E-state index in [2.05, 4.69) is 10.5 Å². The minimum absolute atomic E-state index is 0.0954. The Balaban J connectivity index is 1.73. The molecule has 2 aromatic carbocycles. The van der Waals surface area contributed by atoms with Gasteiger partial charge in [-0.25, -0.2) is 0 Å². The molecule has 0 saturated carbocycles. The molecular weight excluding hydrogens is 320 g/mol. The van der Waals surface area contributed by atoms with Crippen LogP contribution in [0.5, 0.6) is 5.75 Å². The van der Waals surface area contributed by atoms with Crippen LogP contribution in [0.25, 0.3) is 10.8 Å². The molecule has 0 spiro atoms. The van der Waals surface area contributed by atoms with Gasteiger partial charge < -0.3 is 19.3 Å². The van der Waals surface area contributed by atoms with Gasteiger partial charge >= 0.3 is 0 Å². The Morgan fingerprint density at radius 2 is 1.92 bits per heavy atom. The van der Waals surface area contributed by atoms with Gasteiger partial charge in [-0.2, -0.15) is 0 Å². The normalized spacial score (nSPS) is 11.4. The van der Waals surface area contributed by atoms with Gasteiger partial charge in [0.15, 0.2) is 5.76 Å². The highest BCUT2D eigenvalue weighted by atomic mass is 16.6. The van der Waals surface area contributed by atoms with Crippen LogP contribution in [-0.4, -0.2) is 25.8 Å². The molecule has 1 aromatic heterocycles. The number of fused-ring (bicyclic) bond motifs is 1. The summed E-state index contributed by atoms with van der Waals surface area (Å²) in [6.45, 7) is 0.365. The van der Waals surface area contributed by atoms with Gasteiger partial charge in [0.25, 0.3) is 5.91 Å². The molecular formula is C19H18N2O4. The van der Waals surface area contributed by atoms with Crippen LogP contribution >= 0.6 is 0 Å². The molecule has 0 saturated heterocycles. The number of oxime groups is 1. The third-order valence-electron chi connectivity index (χ3n) is 3.72. The Bertz CT molecular complexity index is 901. The zero-order valence-corrected chi connectivity index (χ0v) is 14.0. The molecule has 3 aromatic rings. The van der Waals surface area contributed by atoms with Crippen molar-refractivity contribution < 1.29 is 18.8 Å². The lowest BCUT2D eigenvalue weighted by Gasteiger charge is -2.08. The number of ether oxygens (including phenoxy) is 1. The van der Waals surface area contributed by atoms with E-state index in [1.165, 1.54) is 13.4 Å². The van der Waals surface area contributed by atoms with E-state index >= 15 is 0 Å². The molecule has 6 nitrogen and oxygen atoms in total. The Morgan fingerprint density at radius 1 is 1.12 bits per heavy atom. The number of hydrogen-bond donors (Lipinski definition) is 1. The van der Waals surface area contributed by atoms with Gasteiger partial charge in [0.1, 0.15) is 12.9 Å². The van der Waals surface area contributed by atoms with Gasteiger partial charge in [-0.15, -0.1) is 0 Å². The summed E-state index contributed by atoms with van der Waals surface area (Å²) >= 11 is 0. The zero-order valence-electron chi connectivity index (χ0n) is 14.0. The summed E-state index contributed by atoms with van der Waals surface area (Å²) in [5.41, 5.74) is 1.07. The number of nitrogens with one attached hydrogen (secondary N) is 1. The van der Waals surface area contributed by atoms with Crippen LogP contribution in [0.15, 0.2) is 64.4 Å². The van der Waals surface area contributed by atoms with E-state index in [9.17, 15) is 4.79 Å². The number of nitrogens with zero attached hydrogens (tertiary/aromatic N) is 1. The smallest absolute Gasteiger partial charge is 0.277 e. The van der Waals surface area contributed by atoms with Crippen molar-refractivity contribution >= 4 is 22.4 Å². The predicted octanol–water partition coefficient (Wildman–Crippen LogP) is 3.11. The molecule has 3 rings (SSSR count). The number of carbonyl (C=O) groups is 1. The van der Waals surface area contributed by atoms with Crippen molar-refractivity contribution in [2.45, 2.75) is 6.54 Å². The van der Waals surface area contributed by atoms with Crippen molar-refractivity contribution in [1.29, 1.82) is 0 Å². The second-order valence-electron chi connectivity index (χ2n) is 5.33. The number of hydrogen-bond acceptors (Lipinski definition) is 5. The van der Waals surface area contributed by atoms with E-state index < -0.39 is 0 Å². The minimum atomic E-state index is -0.369. The molecule has 0 unspecified atom stereocenters. The molecule has 1 heterocycles. The maximum Gasteiger partial charge on any atom is 0.277 e. The van der Waals surface area contributed by atoms with Gasteiger partial charge in [-0.1, -0.05) is 23.4 Å². The van der Waals surface area contributed by atoms with Crippen molar-refractivity contribution in [3.05, 3.63) is 66.1 Å². The van der Waals surface area contributed by atoms with Crippen LogP contribution in [0.3, 0.4) is 0 Å². The number of benzene rings is 2. The van der Waals surface area contributed by atoms with E-state index in [1.807, 2.05) is 36.4 Å². The first kappa shape index (κ1) is 16.6. The van der Waals surface area contributed by atoms with E-state index in [-0.39, 0.29) is 11.6 Å². The summed E-state index contributed by atoms with van der Waals surface area (Å²) in [4.78, 5) is 17.1. The molecule has 6 heteroatoms. The van der Waals surface area contributed by atoms with Crippen molar-refractivity contribution in [2.24, 2.45) is 5.16 Å². The van der Waals surface area contributed by atoms with Crippen LogP contribution in [0.2, 0.25) is 0 Å². The number of carbonyl (C=O) groups excluding carboxylic acids is 1. The van der Waals surface area contributed by atoms with Crippen LogP contribution in [0.4, 0.5) is 0 Å². The summed E-state index contributed by atoms with van der Waals surface area (Å²) in [7, 11) is 3.02. The topological polar surface area (TPSA) is 73.1 Å². The van der Waals surface area contributed by atoms with Crippen molar-refractivity contribution in [3.63, 3.8) is 0 Å². The molecule has 25 heavy (non-hydrogen) atoms. The summed E-state index contributed by atoms with van der Waals surface area (Å²) in [5, 5.41) is 8.72. The average Bonchev–Trinajstić information content (AvgIpc) is 3.17. The highest BCUT2D eigenvalue weighted by Crippen LogP contribution is 2.21. The van der Waals surface area contributed by atoms with E-state index in [4.69, 9.17) is 14.0 Å². The molecule has 0 bridgehead atoms. The fourth-order valence-corrected chi connectivity index (χ4v) is 2.48. The predicted molar refractivity (Wildman–Crippen MR) is 94.6 cm³/mol. The molecule has 0 aliphatic rings. The van der Waals surface area contributed by atoms with E-state index in [0.29, 0.717) is 12.3 Å². The monoisotopic (exact) mass is 338 g/mol. The standard InChI is InChI=1S/C19H18N2O4/c1-23-16-8-7-14-10-13(5-6-15(14)11-16)12-20-19(22)18(21-24-2)17-4-3-9-25-17/h3-11H,12H2,1-2H3,(H,20,22). The Labute approximate surface area is 145 Å². The van der Waals surface area contributed by atoms with Gasteiger partial charge in [0.05, 0.1) is 13.4 Å². The quantitative estimate of drug-likeness (QED) is 0.554. The van der Waals surface area contributed by atoms with E-state index in [0.717, 1.165) is 22.1 Å². The van der Waals surface area contributed by atoms with Crippen LogP contribution < -0.4 is 10.1 Å². The summed E-state index contributed by atoms with van der Waals surface area (Å²) in [6, 6.07) is 15.2. The number of methoxy groups -OCH3 is 1. The van der Waals surface area contributed by atoms with Crippen LogP contribution in [0, 0.1) is 0 Å². The largest absolute Gasteiger partial charge is 0.497 e.